The number of nitrogens with two attached hydrogens (primary N) is 1. The maximum absolute atomic E-state index is 13.7. The number of Topliss-reactive ketones (excluding diaryl/α,β-unsaturated/α-hetero) is 1. The molecule has 0 bridgehead atoms. The van der Waals surface area contributed by atoms with Crippen LogP contribution in [0.4, 0.5) is 5.82 Å². The third-order valence-corrected chi connectivity index (χ3v) is 10.1. The molecule has 0 amide bonds. The zero-order chi connectivity index (χ0) is 26.7. The van der Waals surface area contributed by atoms with Crippen molar-refractivity contribution in [2.75, 3.05) is 18.8 Å². The number of nitrogens with zero attached hydrogens (tertiary/aromatic N) is 6. The zero-order valence-electron chi connectivity index (χ0n) is 21.1. The summed E-state index contributed by atoms with van der Waals surface area (Å²) in [6, 6.07) is 17.9. The van der Waals surface area contributed by atoms with Gasteiger partial charge in [0.15, 0.2) is 11.6 Å². The van der Waals surface area contributed by atoms with Gasteiger partial charge in [-0.3, -0.25) is 9.48 Å². The summed E-state index contributed by atoms with van der Waals surface area (Å²) in [4.78, 5) is 17.9. The van der Waals surface area contributed by atoms with Gasteiger partial charge in [0.1, 0.15) is 17.5 Å². The zero-order valence-corrected chi connectivity index (χ0v) is 22.0. The molecule has 5 aromatic rings. The van der Waals surface area contributed by atoms with Crippen molar-refractivity contribution in [3.05, 3.63) is 78.4 Å². The summed E-state index contributed by atoms with van der Waals surface area (Å²) in [5.41, 5.74) is 10.8. The van der Waals surface area contributed by atoms with Gasteiger partial charge < -0.3 is 5.73 Å². The van der Waals surface area contributed by atoms with E-state index >= 15 is 0 Å². The van der Waals surface area contributed by atoms with Crippen LogP contribution in [-0.4, -0.2) is 61.2 Å². The molecule has 39 heavy (non-hydrogen) atoms. The molecular weight excluding hydrogens is 514 g/mol. The van der Waals surface area contributed by atoms with E-state index in [1.807, 2.05) is 47.3 Å². The molecule has 7 rings (SSSR count). The molecular formula is C28H27N7O3S. The lowest BCUT2D eigenvalue weighted by Crippen LogP contribution is -2.32. The molecule has 1 atom stereocenters. The first-order valence-corrected chi connectivity index (χ1v) is 14.6. The Labute approximate surface area is 225 Å². The molecule has 2 aliphatic rings. The van der Waals surface area contributed by atoms with E-state index in [0.29, 0.717) is 43.6 Å². The van der Waals surface area contributed by atoms with Gasteiger partial charge in [0.25, 0.3) is 0 Å². The number of benzene rings is 2. The molecule has 10 nitrogen and oxygen atoms in total. The number of sulfonamides is 1. The number of aromatic nitrogens is 5. The van der Waals surface area contributed by atoms with Gasteiger partial charge in [-0.25, -0.2) is 22.2 Å². The number of carbonyl (C=O) groups is 1. The number of hydrogen-bond acceptors (Lipinski definition) is 7. The van der Waals surface area contributed by atoms with Crippen LogP contribution >= 0.6 is 0 Å². The topological polar surface area (TPSA) is 128 Å². The smallest absolute Gasteiger partial charge is 0.217 e. The molecule has 2 N–H and O–H groups in total. The monoisotopic (exact) mass is 541 g/mol. The van der Waals surface area contributed by atoms with E-state index < -0.39 is 15.9 Å². The van der Waals surface area contributed by atoms with E-state index in [1.54, 1.807) is 6.07 Å². The number of hydrogen-bond donors (Lipinski definition) is 1. The van der Waals surface area contributed by atoms with Crippen molar-refractivity contribution in [1.82, 2.24) is 28.7 Å². The van der Waals surface area contributed by atoms with Gasteiger partial charge in [-0.2, -0.15) is 10.2 Å². The van der Waals surface area contributed by atoms with Crippen molar-refractivity contribution in [3.63, 3.8) is 0 Å². The highest BCUT2D eigenvalue weighted by Gasteiger charge is 2.44. The third-order valence-electron chi connectivity index (χ3n) is 7.72. The van der Waals surface area contributed by atoms with Crippen molar-refractivity contribution in [2.24, 2.45) is 5.92 Å². The standard InChI is InChI=1S/C28H27N7O3S/c29-28-26-23(19-6-7-20-15-33(32-24(20)12-19)14-18-4-2-1-3-5-18)13-25(35(26)31-17-30-28)27(36)21-10-11-34(16-21)39(37,38)22-8-9-22/h1-7,12-13,15,17,21-22H,8-11,14,16H2,(H2,29,30,31). The van der Waals surface area contributed by atoms with Gasteiger partial charge in [-0.05, 0) is 42.5 Å². The normalized spacial score (nSPS) is 18.3. The largest absolute Gasteiger partial charge is 0.382 e. The van der Waals surface area contributed by atoms with E-state index in [1.165, 1.54) is 15.1 Å². The summed E-state index contributed by atoms with van der Waals surface area (Å²) < 4.78 is 30.4. The minimum atomic E-state index is -3.32. The van der Waals surface area contributed by atoms with Crippen molar-refractivity contribution in [2.45, 2.75) is 31.1 Å². The Balaban J connectivity index is 1.23. The van der Waals surface area contributed by atoms with Crippen LogP contribution in [0, 0.1) is 5.92 Å². The fourth-order valence-electron chi connectivity index (χ4n) is 5.51. The predicted molar refractivity (Wildman–Crippen MR) is 148 cm³/mol. The van der Waals surface area contributed by atoms with E-state index in [-0.39, 0.29) is 23.4 Å². The Kier molecular flexibility index (Phi) is 5.53. The van der Waals surface area contributed by atoms with Gasteiger partial charge >= 0.3 is 0 Å². The molecule has 0 radical (unpaired) electrons. The summed E-state index contributed by atoms with van der Waals surface area (Å²) >= 11 is 0. The van der Waals surface area contributed by atoms with Crippen LogP contribution in [-0.2, 0) is 16.6 Å². The van der Waals surface area contributed by atoms with Crippen LogP contribution in [0.2, 0.25) is 0 Å². The first-order valence-electron chi connectivity index (χ1n) is 13.1. The van der Waals surface area contributed by atoms with Gasteiger partial charge in [-0.15, -0.1) is 0 Å². The lowest BCUT2D eigenvalue weighted by atomic mass is 10.00. The van der Waals surface area contributed by atoms with Gasteiger partial charge in [0.2, 0.25) is 10.0 Å². The van der Waals surface area contributed by atoms with Crippen LogP contribution in [0.3, 0.4) is 0 Å². The summed E-state index contributed by atoms with van der Waals surface area (Å²) in [5.74, 6) is -0.314. The minimum Gasteiger partial charge on any atom is -0.382 e. The van der Waals surface area contributed by atoms with E-state index in [2.05, 4.69) is 22.2 Å². The van der Waals surface area contributed by atoms with Crippen LogP contribution in [0.5, 0.6) is 0 Å². The molecule has 1 aliphatic carbocycles. The summed E-state index contributed by atoms with van der Waals surface area (Å²) in [6.07, 6.45) is 5.23. The highest BCUT2D eigenvalue weighted by molar-refractivity contribution is 7.90. The summed E-state index contributed by atoms with van der Waals surface area (Å²) in [7, 11) is -3.32. The fraction of sp³-hybridized carbons (Fsp3) is 0.286. The first-order chi connectivity index (χ1) is 18.9. The van der Waals surface area contributed by atoms with E-state index in [4.69, 9.17) is 10.8 Å². The molecule has 3 aromatic heterocycles. The molecule has 2 aromatic carbocycles. The average Bonchev–Trinajstić information content (AvgIpc) is 3.37. The Bertz CT molecular complexity index is 1840. The summed E-state index contributed by atoms with van der Waals surface area (Å²) in [5, 5.41) is 9.84. The molecule has 1 unspecified atom stereocenters. The molecule has 4 heterocycles. The number of fused-ring (bicyclic) bond motifs is 2. The molecule has 1 aliphatic heterocycles. The highest BCUT2D eigenvalue weighted by Crippen LogP contribution is 2.36. The molecule has 2 fully saturated rings. The van der Waals surface area contributed by atoms with E-state index in [9.17, 15) is 13.2 Å². The Hall–Kier alpha value is -4.09. The second kappa shape index (κ2) is 8.99. The fourth-order valence-corrected chi connectivity index (χ4v) is 7.41. The summed E-state index contributed by atoms with van der Waals surface area (Å²) in [6.45, 7) is 1.23. The second-order valence-corrected chi connectivity index (χ2v) is 12.6. The van der Waals surface area contributed by atoms with Crippen LogP contribution in [0.15, 0.2) is 67.1 Å². The maximum atomic E-state index is 13.7. The first kappa shape index (κ1) is 24.0. The highest BCUT2D eigenvalue weighted by atomic mass is 32.2. The minimum absolute atomic E-state index is 0.143. The van der Waals surface area contributed by atoms with Gasteiger partial charge in [-0.1, -0.05) is 42.5 Å². The Morgan fingerprint density at radius 1 is 1.05 bits per heavy atom. The average molecular weight is 542 g/mol. The lowest BCUT2D eigenvalue weighted by molar-refractivity contribution is 0.0920. The number of carbonyl (C=O) groups excluding carboxylic acids is 1. The number of nitrogen functional groups attached to an aromatic ring is 1. The quantitative estimate of drug-likeness (QED) is 0.313. The van der Waals surface area contributed by atoms with Gasteiger partial charge in [0, 0.05) is 36.2 Å². The number of anilines is 1. The molecule has 0 spiro atoms. The van der Waals surface area contributed by atoms with Crippen molar-refractivity contribution < 1.29 is 13.2 Å². The maximum Gasteiger partial charge on any atom is 0.217 e. The lowest BCUT2D eigenvalue weighted by Gasteiger charge is -2.15. The van der Waals surface area contributed by atoms with Crippen LogP contribution < -0.4 is 5.73 Å². The Morgan fingerprint density at radius 3 is 2.67 bits per heavy atom. The predicted octanol–water partition coefficient (Wildman–Crippen LogP) is 3.37. The van der Waals surface area contributed by atoms with Crippen LogP contribution in [0.1, 0.15) is 35.3 Å². The van der Waals surface area contributed by atoms with Gasteiger partial charge in [0.05, 0.1) is 17.3 Å². The van der Waals surface area contributed by atoms with Crippen LogP contribution in [0.25, 0.3) is 27.5 Å². The number of ketones is 1. The SMILES string of the molecule is Nc1ncnn2c(C(=O)C3CCN(S(=O)(=O)C4CC4)C3)cc(-c3ccc4cn(Cc5ccccc5)nc4c3)c12. The molecule has 11 heteroatoms. The van der Waals surface area contributed by atoms with Crippen molar-refractivity contribution in [1.29, 1.82) is 0 Å². The third kappa shape index (κ3) is 4.18. The van der Waals surface area contributed by atoms with Crippen molar-refractivity contribution >= 4 is 38.0 Å². The van der Waals surface area contributed by atoms with E-state index in [0.717, 1.165) is 27.6 Å². The molecule has 198 valence electrons. The number of rotatable bonds is 7. The Morgan fingerprint density at radius 2 is 1.87 bits per heavy atom. The second-order valence-electron chi connectivity index (χ2n) is 10.4. The van der Waals surface area contributed by atoms with Crippen molar-refractivity contribution in [3.8, 4) is 11.1 Å². The molecule has 1 saturated heterocycles. The molecule has 1 saturated carbocycles.